The minimum atomic E-state index is 0.0246. The maximum absolute atomic E-state index is 12.5. The number of anilines is 1. The van der Waals surface area contributed by atoms with Crippen LogP contribution in [0.4, 0.5) is 5.69 Å². The number of aromatic nitrogens is 2. The number of hydrogen-bond acceptors (Lipinski definition) is 4. The van der Waals surface area contributed by atoms with Crippen molar-refractivity contribution in [1.29, 1.82) is 0 Å². The van der Waals surface area contributed by atoms with E-state index < -0.39 is 0 Å². The molecular formula is C21H24N4O. The van der Waals surface area contributed by atoms with Crippen molar-refractivity contribution in [3.63, 3.8) is 0 Å². The number of nitrogens with one attached hydrogen (secondary N) is 1. The van der Waals surface area contributed by atoms with Crippen LogP contribution in [0.2, 0.25) is 0 Å². The van der Waals surface area contributed by atoms with Crippen molar-refractivity contribution in [1.82, 2.24) is 14.9 Å². The van der Waals surface area contributed by atoms with Gasteiger partial charge in [-0.25, -0.2) is 0 Å². The van der Waals surface area contributed by atoms with E-state index >= 15 is 0 Å². The highest BCUT2D eigenvalue weighted by Crippen LogP contribution is 2.17. The summed E-state index contributed by atoms with van der Waals surface area (Å²) in [4.78, 5) is 24.4. The molecule has 0 bridgehead atoms. The van der Waals surface area contributed by atoms with Gasteiger partial charge in [0.2, 0.25) is 0 Å². The number of benzene rings is 1. The van der Waals surface area contributed by atoms with E-state index in [-0.39, 0.29) is 5.56 Å². The lowest BCUT2D eigenvalue weighted by Crippen LogP contribution is -2.32. The molecule has 5 nitrogen and oxygen atoms in total. The van der Waals surface area contributed by atoms with Crippen molar-refractivity contribution < 1.29 is 0 Å². The average Bonchev–Trinajstić information content (AvgIpc) is 2.89. The molecule has 2 aromatic heterocycles. The van der Waals surface area contributed by atoms with Crippen LogP contribution in [0.5, 0.6) is 0 Å². The van der Waals surface area contributed by atoms with Gasteiger partial charge in [-0.2, -0.15) is 0 Å². The van der Waals surface area contributed by atoms with Gasteiger partial charge in [0.05, 0.1) is 0 Å². The lowest BCUT2D eigenvalue weighted by molar-refractivity contribution is 0.284. The van der Waals surface area contributed by atoms with Crippen LogP contribution >= 0.6 is 0 Å². The second-order valence-corrected chi connectivity index (χ2v) is 7.04. The molecule has 3 aromatic rings. The fraction of sp³-hybridized carbons (Fsp3) is 0.333. The lowest BCUT2D eigenvalue weighted by Gasteiger charge is -2.23. The summed E-state index contributed by atoms with van der Waals surface area (Å²) < 4.78 is 0. The third-order valence-electron chi connectivity index (χ3n) is 5.09. The normalized spacial score (nSPS) is 16.0. The first-order valence-corrected chi connectivity index (χ1v) is 9.19. The molecule has 0 aliphatic carbocycles. The molecule has 0 saturated carbocycles. The fourth-order valence-electron chi connectivity index (χ4n) is 3.67. The van der Waals surface area contributed by atoms with Crippen LogP contribution in [0.25, 0.3) is 10.9 Å². The van der Waals surface area contributed by atoms with E-state index in [4.69, 9.17) is 0 Å². The van der Waals surface area contributed by atoms with Gasteiger partial charge in [0, 0.05) is 61.9 Å². The molecule has 0 unspecified atom stereocenters. The van der Waals surface area contributed by atoms with E-state index in [1.807, 2.05) is 30.6 Å². The van der Waals surface area contributed by atoms with Gasteiger partial charge in [0.1, 0.15) is 0 Å². The zero-order valence-corrected chi connectivity index (χ0v) is 15.1. The van der Waals surface area contributed by atoms with Crippen LogP contribution < -0.4 is 10.5 Å². The SMILES string of the molecule is Cc1ccc2[nH]c(=O)c(CN3CCCN(c4ccncc4)CC3)cc2c1. The summed E-state index contributed by atoms with van der Waals surface area (Å²) in [5.41, 5.74) is 4.21. The summed E-state index contributed by atoms with van der Waals surface area (Å²) in [6.07, 6.45) is 4.77. The molecular weight excluding hydrogens is 324 g/mol. The third kappa shape index (κ3) is 3.63. The Morgan fingerprint density at radius 3 is 2.73 bits per heavy atom. The van der Waals surface area contributed by atoms with E-state index in [1.165, 1.54) is 11.3 Å². The Kier molecular flexibility index (Phi) is 4.71. The molecule has 1 aliphatic heterocycles. The zero-order chi connectivity index (χ0) is 17.9. The standard InChI is InChI=1S/C21H24N4O/c1-16-3-4-20-17(13-16)14-18(21(26)23-20)15-24-9-2-10-25(12-11-24)19-5-7-22-8-6-19/h3-8,13-14H,2,9-12,15H2,1H3,(H,23,26). The molecule has 4 rings (SSSR count). The van der Waals surface area contributed by atoms with E-state index in [2.05, 4.69) is 44.9 Å². The molecule has 0 radical (unpaired) electrons. The van der Waals surface area contributed by atoms with Gasteiger partial charge in [-0.3, -0.25) is 14.7 Å². The van der Waals surface area contributed by atoms with Gasteiger partial charge >= 0.3 is 0 Å². The van der Waals surface area contributed by atoms with E-state index in [1.54, 1.807) is 0 Å². The predicted octanol–water partition coefficient (Wildman–Crippen LogP) is 2.94. The largest absolute Gasteiger partial charge is 0.370 e. The number of hydrogen-bond donors (Lipinski definition) is 1. The number of nitrogens with zero attached hydrogens (tertiary/aromatic N) is 3. The Labute approximate surface area is 153 Å². The van der Waals surface area contributed by atoms with Gasteiger partial charge in [-0.05, 0) is 49.1 Å². The average molecular weight is 348 g/mol. The second kappa shape index (κ2) is 7.30. The van der Waals surface area contributed by atoms with Crippen LogP contribution in [0, 0.1) is 6.92 Å². The highest BCUT2D eigenvalue weighted by molar-refractivity contribution is 5.79. The molecule has 1 N–H and O–H groups in total. The smallest absolute Gasteiger partial charge is 0.252 e. The number of H-pyrrole nitrogens is 1. The zero-order valence-electron chi connectivity index (χ0n) is 15.1. The highest BCUT2D eigenvalue weighted by atomic mass is 16.1. The van der Waals surface area contributed by atoms with Crippen molar-refractivity contribution >= 4 is 16.6 Å². The van der Waals surface area contributed by atoms with Crippen molar-refractivity contribution in [2.24, 2.45) is 0 Å². The summed E-state index contributed by atoms with van der Waals surface area (Å²) in [6, 6.07) is 12.3. The van der Waals surface area contributed by atoms with Gasteiger partial charge in [0.25, 0.3) is 5.56 Å². The Bertz CT molecular complexity index is 951. The molecule has 0 spiro atoms. The van der Waals surface area contributed by atoms with Crippen LogP contribution in [0.15, 0.2) is 53.6 Å². The van der Waals surface area contributed by atoms with Crippen LogP contribution in [-0.4, -0.2) is 41.0 Å². The summed E-state index contributed by atoms with van der Waals surface area (Å²) in [6.45, 7) is 6.74. The summed E-state index contributed by atoms with van der Waals surface area (Å²) in [7, 11) is 0. The first kappa shape index (κ1) is 16.8. The molecule has 1 fully saturated rings. The predicted molar refractivity (Wildman–Crippen MR) is 106 cm³/mol. The third-order valence-corrected chi connectivity index (χ3v) is 5.09. The van der Waals surface area contributed by atoms with Crippen molar-refractivity contribution in [2.45, 2.75) is 19.9 Å². The van der Waals surface area contributed by atoms with E-state index in [0.29, 0.717) is 6.54 Å². The monoisotopic (exact) mass is 348 g/mol. The van der Waals surface area contributed by atoms with Crippen molar-refractivity contribution in [2.75, 3.05) is 31.1 Å². The Hall–Kier alpha value is -2.66. The molecule has 1 aliphatic rings. The molecule has 26 heavy (non-hydrogen) atoms. The molecule has 1 saturated heterocycles. The Balaban J connectivity index is 1.50. The quantitative estimate of drug-likeness (QED) is 0.791. The fourth-order valence-corrected chi connectivity index (χ4v) is 3.67. The van der Waals surface area contributed by atoms with Crippen LogP contribution in [0.1, 0.15) is 17.5 Å². The van der Waals surface area contributed by atoms with Gasteiger partial charge < -0.3 is 9.88 Å². The first-order chi connectivity index (χ1) is 12.7. The maximum atomic E-state index is 12.5. The minimum absolute atomic E-state index is 0.0246. The van der Waals surface area contributed by atoms with Gasteiger partial charge in [0.15, 0.2) is 0 Å². The van der Waals surface area contributed by atoms with Crippen molar-refractivity contribution in [3.8, 4) is 0 Å². The summed E-state index contributed by atoms with van der Waals surface area (Å²) in [5, 5.41) is 1.10. The van der Waals surface area contributed by atoms with Crippen molar-refractivity contribution in [3.05, 3.63) is 70.3 Å². The van der Waals surface area contributed by atoms with Gasteiger partial charge in [-0.1, -0.05) is 11.6 Å². The Morgan fingerprint density at radius 1 is 1.04 bits per heavy atom. The van der Waals surface area contributed by atoms with E-state index in [0.717, 1.165) is 49.1 Å². The van der Waals surface area contributed by atoms with E-state index in [9.17, 15) is 4.79 Å². The van der Waals surface area contributed by atoms with Crippen LogP contribution in [0.3, 0.4) is 0 Å². The molecule has 5 heteroatoms. The summed E-state index contributed by atoms with van der Waals surface area (Å²) >= 11 is 0. The molecule has 3 heterocycles. The lowest BCUT2D eigenvalue weighted by atomic mass is 10.1. The number of rotatable bonds is 3. The summed E-state index contributed by atoms with van der Waals surface area (Å²) in [5.74, 6) is 0. The minimum Gasteiger partial charge on any atom is -0.370 e. The molecule has 0 atom stereocenters. The number of fused-ring (bicyclic) bond motifs is 1. The van der Waals surface area contributed by atoms with Crippen LogP contribution in [-0.2, 0) is 6.54 Å². The molecule has 134 valence electrons. The molecule has 1 aromatic carbocycles. The molecule has 0 amide bonds. The maximum Gasteiger partial charge on any atom is 0.252 e. The Morgan fingerprint density at radius 2 is 1.88 bits per heavy atom. The number of aromatic amines is 1. The number of pyridine rings is 2. The topological polar surface area (TPSA) is 52.2 Å². The van der Waals surface area contributed by atoms with Gasteiger partial charge in [-0.15, -0.1) is 0 Å². The highest BCUT2D eigenvalue weighted by Gasteiger charge is 2.16. The first-order valence-electron chi connectivity index (χ1n) is 9.19. The second-order valence-electron chi connectivity index (χ2n) is 7.04. The number of aryl methyl sites for hydroxylation is 1.